The molecule has 0 unspecified atom stereocenters. The van der Waals surface area contributed by atoms with Gasteiger partial charge < -0.3 is 10.6 Å². The van der Waals surface area contributed by atoms with Gasteiger partial charge in [0.25, 0.3) is 11.8 Å². The first-order valence-corrected chi connectivity index (χ1v) is 7.51. The summed E-state index contributed by atoms with van der Waals surface area (Å²) in [4.78, 5) is 24.1. The van der Waals surface area contributed by atoms with E-state index in [0.717, 1.165) is 9.35 Å². The topological polar surface area (TPSA) is 58.2 Å². The first-order chi connectivity index (χ1) is 9.51. The van der Waals surface area contributed by atoms with Gasteiger partial charge in [-0.2, -0.15) is 0 Å². The molecule has 0 aliphatic heterocycles. The lowest BCUT2D eigenvalue weighted by Crippen LogP contribution is -2.17. The average Bonchev–Trinajstić information content (AvgIpc) is 2.79. The Balaban J connectivity index is 2.10. The van der Waals surface area contributed by atoms with E-state index in [1.165, 1.54) is 11.3 Å². The number of carbonyl (C=O) groups excluding carboxylic acids is 2. The van der Waals surface area contributed by atoms with Crippen LogP contribution in [0.15, 0.2) is 34.1 Å². The molecule has 1 aromatic carbocycles. The molecule has 2 N–H and O–H groups in total. The Kier molecular flexibility index (Phi) is 4.57. The van der Waals surface area contributed by atoms with Crippen LogP contribution in [-0.2, 0) is 0 Å². The van der Waals surface area contributed by atoms with Gasteiger partial charge >= 0.3 is 0 Å². The molecule has 0 aliphatic rings. The SMILES string of the molecule is CNC(=O)c1ccc(NC(=O)c2cc(C)c(Br)s2)cc1. The highest BCUT2D eigenvalue weighted by molar-refractivity contribution is 9.11. The number of amides is 2. The number of aryl methyl sites for hydroxylation is 1. The summed E-state index contributed by atoms with van der Waals surface area (Å²) in [5.74, 6) is -0.308. The average molecular weight is 353 g/mol. The van der Waals surface area contributed by atoms with Gasteiger partial charge in [0.1, 0.15) is 0 Å². The number of anilines is 1. The molecule has 0 fully saturated rings. The zero-order valence-electron chi connectivity index (χ0n) is 11.0. The zero-order chi connectivity index (χ0) is 14.7. The number of rotatable bonds is 3. The van der Waals surface area contributed by atoms with E-state index in [2.05, 4.69) is 26.6 Å². The third kappa shape index (κ3) is 3.26. The molecule has 104 valence electrons. The lowest BCUT2D eigenvalue weighted by Gasteiger charge is -2.05. The molecular weight excluding hydrogens is 340 g/mol. The molecule has 1 aromatic heterocycles. The monoisotopic (exact) mass is 352 g/mol. The van der Waals surface area contributed by atoms with E-state index in [1.807, 2.05) is 13.0 Å². The van der Waals surface area contributed by atoms with E-state index >= 15 is 0 Å². The molecule has 0 radical (unpaired) electrons. The van der Waals surface area contributed by atoms with Crippen molar-refractivity contribution in [2.75, 3.05) is 12.4 Å². The number of halogens is 1. The van der Waals surface area contributed by atoms with Crippen LogP contribution in [0, 0.1) is 6.92 Å². The van der Waals surface area contributed by atoms with Crippen LogP contribution in [0.4, 0.5) is 5.69 Å². The number of carbonyl (C=O) groups is 2. The Labute approximate surface area is 129 Å². The first kappa shape index (κ1) is 14.7. The van der Waals surface area contributed by atoms with Crippen LogP contribution in [0.2, 0.25) is 0 Å². The lowest BCUT2D eigenvalue weighted by molar-refractivity contribution is 0.0962. The molecule has 2 amide bonds. The Morgan fingerprint density at radius 2 is 1.80 bits per heavy atom. The van der Waals surface area contributed by atoms with Gasteiger partial charge in [0, 0.05) is 18.3 Å². The largest absolute Gasteiger partial charge is 0.355 e. The molecule has 0 spiro atoms. The predicted octanol–water partition coefficient (Wildman–Crippen LogP) is 3.43. The van der Waals surface area contributed by atoms with Crippen LogP contribution in [-0.4, -0.2) is 18.9 Å². The Bertz CT molecular complexity index is 630. The van der Waals surface area contributed by atoms with Gasteiger partial charge in [-0.05, 0) is 58.7 Å². The summed E-state index contributed by atoms with van der Waals surface area (Å²) in [5, 5.41) is 5.35. The predicted molar refractivity (Wildman–Crippen MR) is 84.5 cm³/mol. The quantitative estimate of drug-likeness (QED) is 0.888. The van der Waals surface area contributed by atoms with Gasteiger partial charge in [0.15, 0.2) is 0 Å². The number of benzene rings is 1. The maximum absolute atomic E-state index is 12.1. The molecule has 0 saturated carbocycles. The minimum Gasteiger partial charge on any atom is -0.355 e. The Morgan fingerprint density at radius 3 is 2.30 bits per heavy atom. The van der Waals surface area contributed by atoms with Gasteiger partial charge in [-0.25, -0.2) is 0 Å². The van der Waals surface area contributed by atoms with Gasteiger partial charge in [-0.15, -0.1) is 11.3 Å². The van der Waals surface area contributed by atoms with E-state index in [1.54, 1.807) is 31.3 Å². The summed E-state index contributed by atoms with van der Waals surface area (Å²) in [6.07, 6.45) is 0. The van der Waals surface area contributed by atoms with Crippen molar-refractivity contribution in [2.45, 2.75) is 6.92 Å². The third-order valence-electron chi connectivity index (χ3n) is 2.71. The summed E-state index contributed by atoms with van der Waals surface area (Å²) in [6, 6.07) is 8.59. The molecule has 6 heteroatoms. The number of hydrogen-bond acceptors (Lipinski definition) is 3. The highest BCUT2D eigenvalue weighted by Crippen LogP contribution is 2.27. The highest BCUT2D eigenvalue weighted by atomic mass is 79.9. The van der Waals surface area contributed by atoms with Crippen molar-refractivity contribution in [2.24, 2.45) is 0 Å². The normalized spacial score (nSPS) is 10.2. The van der Waals surface area contributed by atoms with Crippen molar-refractivity contribution >= 4 is 44.8 Å². The van der Waals surface area contributed by atoms with Crippen LogP contribution in [0.5, 0.6) is 0 Å². The molecular formula is C14H13BrN2O2S. The van der Waals surface area contributed by atoms with Crippen LogP contribution in [0.1, 0.15) is 25.6 Å². The van der Waals surface area contributed by atoms with Crippen molar-refractivity contribution < 1.29 is 9.59 Å². The maximum Gasteiger partial charge on any atom is 0.265 e. The van der Waals surface area contributed by atoms with Crippen LogP contribution >= 0.6 is 27.3 Å². The maximum atomic E-state index is 12.1. The molecule has 2 aromatic rings. The third-order valence-corrected chi connectivity index (χ3v) is 4.85. The highest BCUT2D eigenvalue weighted by Gasteiger charge is 2.11. The van der Waals surface area contributed by atoms with E-state index in [0.29, 0.717) is 16.1 Å². The minimum atomic E-state index is -0.156. The van der Waals surface area contributed by atoms with Crippen molar-refractivity contribution in [3.8, 4) is 0 Å². The molecule has 4 nitrogen and oxygen atoms in total. The van der Waals surface area contributed by atoms with E-state index < -0.39 is 0 Å². The second-order valence-corrected chi connectivity index (χ2v) is 6.55. The van der Waals surface area contributed by atoms with Gasteiger partial charge in [0.2, 0.25) is 0 Å². The molecule has 20 heavy (non-hydrogen) atoms. The van der Waals surface area contributed by atoms with Gasteiger partial charge in [-0.3, -0.25) is 9.59 Å². The summed E-state index contributed by atoms with van der Waals surface area (Å²) < 4.78 is 0.956. The zero-order valence-corrected chi connectivity index (χ0v) is 13.4. The second-order valence-electron chi connectivity index (χ2n) is 4.18. The summed E-state index contributed by atoms with van der Waals surface area (Å²) in [7, 11) is 1.58. The number of hydrogen-bond donors (Lipinski definition) is 2. The van der Waals surface area contributed by atoms with E-state index in [9.17, 15) is 9.59 Å². The lowest BCUT2D eigenvalue weighted by atomic mass is 10.2. The van der Waals surface area contributed by atoms with Crippen LogP contribution in [0.3, 0.4) is 0 Å². The molecule has 2 rings (SSSR count). The first-order valence-electron chi connectivity index (χ1n) is 5.90. The number of nitrogens with one attached hydrogen (secondary N) is 2. The van der Waals surface area contributed by atoms with E-state index in [4.69, 9.17) is 0 Å². The number of thiophene rings is 1. The molecule has 0 atom stereocenters. The minimum absolute atomic E-state index is 0.152. The van der Waals surface area contributed by atoms with Crippen molar-refractivity contribution in [3.05, 3.63) is 50.1 Å². The summed E-state index contributed by atoms with van der Waals surface area (Å²) in [5.41, 5.74) is 2.25. The van der Waals surface area contributed by atoms with Crippen molar-refractivity contribution in [1.82, 2.24) is 5.32 Å². The molecule has 0 bridgehead atoms. The Morgan fingerprint density at radius 1 is 1.15 bits per heavy atom. The summed E-state index contributed by atoms with van der Waals surface area (Å²) >= 11 is 4.79. The standard InChI is InChI=1S/C14H13BrN2O2S/c1-8-7-11(20-12(8)15)14(19)17-10-5-3-9(4-6-10)13(18)16-2/h3-7H,1-2H3,(H,16,18)(H,17,19). The Hall–Kier alpha value is -1.66. The van der Waals surface area contributed by atoms with E-state index in [-0.39, 0.29) is 11.8 Å². The molecule has 1 heterocycles. The fraction of sp³-hybridized carbons (Fsp3) is 0.143. The van der Waals surface area contributed by atoms with Gasteiger partial charge in [-0.1, -0.05) is 0 Å². The smallest absolute Gasteiger partial charge is 0.265 e. The van der Waals surface area contributed by atoms with Crippen molar-refractivity contribution in [3.63, 3.8) is 0 Å². The molecule has 0 aliphatic carbocycles. The van der Waals surface area contributed by atoms with Crippen LogP contribution < -0.4 is 10.6 Å². The van der Waals surface area contributed by atoms with Gasteiger partial charge in [0.05, 0.1) is 8.66 Å². The summed E-state index contributed by atoms with van der Waals surface area (Å²) in [6.45, 7) is 1.94. The van der Waals surface area contributed by atoms with Crippen LogP contribution in [0.25, 0.3) is 0 Å². The molecule has 0 saturated heterocycles. The fourth-order valence-corrected chi connectivity index (χ4v) is 3.04. The second kappa shape index (κ2) is 6.19. The fourth-order valence-electron chi connectivity index (χ4n) is 1.61. The van der Waals surface area contributed by atoms with Crippen molar-refractivity contribution in [1.29, 1.82) is 0 Å².